The van der Waals surface area contributed by atoms with E-state index >= 15 is 0 Å². The maximum atomic E-state index is 5.27. The molecule has 0 aromatic heterocycles. The second-order valence-electron chi connectivity index (χ2n) is 4.73. The summed E-state index contributed by atoms with van der Waals surface area (Å²) in [7, 11) is 3.26. The summed E-state index contributed by atoms with van der Waals surface area (Å²) in [6, 6.07) is 5.62. The van der Waals surface area contributed by atoms with Crippen molar-refractivity contribution in [2.24, 2.45) is 5.10 Å². The smallest absolute Gasteiger partial charge is 0.131 e. The van der Waals surface area contributed by atoms with Crippen LogP contribution in [0.3, 0.4) is 0 Å². The molecule has 0 fully saturated rings. The molecule has 0 saturated carbocycles. The van der Waals surface area contributed by atoms with Crippen molar-refractivity contribution in [1.82, 2.24) is 5.43 Å². The van der Waals surface area contributed by atoms with Crippen molar-refractivity contribution in [3.63, 3.8) is 0 Å². The first-order valence-corrected chi connectivity index (χ1v) is 5.48. The zero-order valence-electron chi connectivity index (χ0n) is 11.5. The number of hydrogen-bond donors (Lipinski definition) is 1. The Morgan fingerprint density at radius 1 is 1.17 bits per heavy atom. The molecule has 18 heavy (non-hydrogen) atoms. The fourth-order valence-corrected chi connectivity index (χ4v) is 1.22. The van der Waals surface area contributed by atoms with Gasteiger partial charge in [0.15, 0.2) is 0 Å². The SMILES string of the molecule is COc1ccc(C=NNC(C)(C)C)c(OC)c1.Cl. The summed E-state index contributed by atoms with van der Waals surface area (Å²) in [4.78, 5) is 0. The van der Waals surface area contributed by atoms with Crippen LogP contribution < -0.4 is 14.9 Å². The van der Waals surface area contributed by atoms with E-state index in [1.54, 1.807) is 20.4 Å². The zero-order chi connectivity index (χ0) is 12.9. The van der Waals surface area contributed by atoms with Gasteiger partial charge in [-0.05, 0) is 32.9 Å². The lowest BCUT2D eigenvalue weighted by atomic mass is 10.1. The average Bonchev–Trinajstić information content (AvgIpc) is 2.27. The number of nitrogens with zero attached hydrogens (tertiary/aromatic N) is 1. The summed E-state index contributed by atoms with van der Waals surface area (Å²) in [5.74, 6) is 1.51. The Morgan fingerprint density at radius 2 is 1.83 bits per heavy atom. The molecule has 0 aliphatic heterocycles. The summed E-state index contributed by atoms with van der Waals surface area (Å²) in [6.45, 7) is 6.15. The number of methoxy groups -OCH3 is 2. The van der Waals surface area contributed by atoms with Gasteiger partial charge in [0.25, 0.3) is 0 Å². The van der Waals surface area contributed by atoms with Gasteiger partial charge in [0, 0.05) is 17.2 Å². The van der Waals surface area contributed by atoms with E-state index in [2.05, 4.69) is 31.3 Å². The van der Waals surface area contributed by atoms with Gasteiger partial charge in [0.05, 0.1) is 20.4 Å². The van der Waals surface area contributed by atoms with E-state index in [0.29, 0.717) is 0 Å². The number of ether oxygens (including phenoxy) is 2. The molecule has 0 spiro atoms. The van der Waals surface area contributed by atoms with E-state index in [0.717, 1.165) is 17.1 Å². The van der Waals surface area contributed by atoms with Gasteiger partial charge in [-0.1, -0.05) is 0 Å². The molecule has 1 N–H and O–H groups in total. The Balaban J connectivity index is 0.00000289. The lowest BCUT2D eigenvalue weighted by molar-refractivity contribution is 0.393. The Labute approximate surface area is 115 Å². The van der Waals surface area contributed by atoms with Gasteiger partial charge in [0.1, 0.15) is 11.5 Å². The molecule has 0 atom stereocenters. The normalized spacial score (nSPS) is 10.9. The van der Waals surface area contributed by atoms with Crippen molar-refractivity contribution in [3.8, 4) is 11.5 Å². The number of rotatable bonds is 4. The average molecular weight is 273 g/mol. The number of hydrogen-bond acceptors (Lipinski definition) is 4. The van der Waals surface area contributed by atoms with E-state index in [9.17, 15) is 0 Å². The Hall–Kier alpha value is -1.42. The second-order valence-corrected chi connectivity index (χ2v) is 4.73. The van der Waals surface area contributed by atoms with E-state index in [4.69, 9.17) is 9.47 Å². The second kappa shape index (κ2) is 7.11. The van der Waals surface area contributed by atoms with Gasteiger partial charge in [0.2, 0.25) is 0 Å². The predicted molar refractivity (Wildman–Crippen MR) is 77.3 cm³/mol. The summed E-state index contributed by atoms with van der Waals surface area (Å²) >= 11 is 0. The third-order valence-electron chi connectivity index (χ3n) is 2.04. The molecule has 0 bridgehead atoms. The topological polar surface area (TPSA) is 42.8 Å². The maximum Gasteiger partial charge on any atom is 0.131 e. The number of halogens is 1. The van der Waals surface area contributed by atoms with Crippen molar-refractivity contribution < 1.29 is 9.47 Å². The van der Waals surface area contributed by atoms with Crippen LogP contribution in [-0.2, 0) is 0 Å². The molecule has 0 aliphatic rings. The first-order chi connectivity index (χ1) is 7.96. The molecule has 0 amide bonds. The van der Waals surface area contributed by atoms with Crippen LogP contribution in [-0.4, -0.2) is 26.0 Å². The third-order valence-corrected chi connectivity index (χ3v) is 2.04. The highest BCUT2D eigenvalue weighted by Crippen LogP contribution is 2.22. The Morgan fingerprint density at radius 3 is 2.33 bits per heavy atom. The van der Waals surface area contributed by atoms with Gasteiger partial charge < -0.3 is 14.9 Å². The summed E-state index contributed by atoms with van der Waals surface area (Å²) < 4.78 is 10.4. The molecule has 0 heterocycles. The van der Waals surface area contributed by atoms with E-state index < -0.39 is 0 Å². The lowest BCUT2D eigenvalue weighted by Gasteiger charge is -2.17. The largest absolute Gasteiger partial charge is 0.497 e. The van der Waals surface area contributed by atoms with E-state index in [1.165, 1.54) is 0 Å². The zero-order valence-corrected chi connectivity index (χ0v) is 12.3. The van der Waals surface area contributed by atoms with Crippen LogP contribution in [0.4, 0.5) is 0 Å². The lowest BCUT2D eigenvalue weighted by Crippen LogP contribution is -2.31. The number of nitrogens with one attached hydrogen (secondary N) is 1. The quantitative estimate of drug-likeness (QED) is 0.677. The molecule has 0 saturated heterocycles. The van der Waals surface area contributed by atoms with Gasteiger partial charge in [-0.25, -0.2) is 0 Å². The monoisotopic (exact) mass is 272 g/mol. The van der Waals surface area contributed by atoms with Crippen molar-refractivity contribution in [2.75, 3.05) is 14.2 Å². The fourth-order valence-electron chi connectivity index (χ4n) is 1.22. The minimum absolute atomic E-state index is 0. The molecule has 1 aromatic rings. The molecular formula is C13H21ClN2O2. The van der Waals surface area contributed by atoms with Crippen LogP contribution in [0.5, 0.6) is 11.5 Å². The van der Waals surface area contributed by atoms with Gasteiger partial charge >= 0.3 is 0 Å². The molecule has 5 heteroatoms. The van der Waals surface area contributed by atoms with E-state index in [1.807, 2.05) is 18.2 Å². The summed E-state index contributed by atoms with van der Waals surface area (Å²) in [6.07, 6.45) is 1.74. The van der Waals surface area contributed by atoms with Gasteiger partial charge in [-0.15, -0.1) is 12.4 Å². The van der Waals surface area contributed by atoms with Gasteiger partial charge in [-0.3, -0.25) is 0 Å². The van der Waals surface area contributed by atoms with Crippen molar-refractivity contribution in [3.05, 3.63) is 23.8 Å². The maximum absolute atomic E-state index is 5.27. The Kier molecular flexibility index (Phi) is 6.55. The first-order valence-electron chi connectivity index (χ1n) is 5.48. The molecule has 102 valence electrons. The Bertz CT molecular complexity index is 400. The van der Waals surface area contributed by atoms with Gasteiger partial charge in [-0.2, -0.15) is 5.10 Å². The van der Waals surface area contributed by atoms with Crippen molar-refractivity contribution >= 4 is 18.6 Å². The fraction of sp³-hybridized carbons (Fsp3) is 0.462. The minimum atomic E-state index is -0.0454. The van der Waals surface area contributed by atoms with Crippen LogP contribution >= 0.6 is 12.4 Å². The highest BCUT2D eigenvalue weighted by molar-refractivity contribution is 5.85. The highest BCUT2D eigenvalue weighted by Gasteiger charge is 2.07. The molecule has 0 unspecified atom stereocenters. The summed E-state index contributed by atoms with van der Waals surface area (Å²) in [5.41, 5.74) is 3.89. The van der Waals surface area contributed by atoms with Crippen LogP contribution in [0, 0.1) is 0 Å². The first kappa shape index (κ1) is 16.6. The molecule has 1 rings (SSSR count). The van der Waals surface area contributed by atoms with Crippen LogP contribution in [0.25, 0.3) is 0 Å². The van der Waals surface area contributed by atoms with Crippen molar-refractivity contribution in [1.29, 1.82) is 0 Å². The molecular weight excluding hydrogens is 252 g/mol. The van der Waals surface area contributed by atoms with Crippen LogP contribution in [0.1, 0.15) is 26.3 Å². The third kappa shape index (κ3) is 5.27. The molecule has 1 aromatic carbocycles. The number of benzene rings is 1. The minimum Gasteiger partial charge on any atom is -0.497 e. The van der Waals surface area contributed by atoms with Crippen LogP contribution in [0.15, 0.2) is 23.3 Å². The highest BCUT2D eigenvalue weighted by atomic mass is 35.5. The summed E-state index contributed by atoms with van der Waals surface area (Å²) in [5, 5.41) is 4.18. The van der Waals surface area contributed by atoms with Crippen molar-refractivity contribution in [2.45, 2.75) is 26.3 Å². The molecule has 4 nitrogen and oxygen atoms in total. The number of hydrazone groups is 1. The molecule has 0 aliphatic carbocycles. The molecule has 0 radical (unpaired) electrons. The predicted octanol–water partition coefficient (Wildman–Crippen LogP) is 2.85. The van der Waals surface area contributed by atoms with E-state index in [-0.39, 0.29) is 17.9 Å². The van der Waals surface area contributed by atoms with Crippen LogP contribution in [0.2, 0.25) is 0 Å². The standard InChI is InChI=1S/C13H20N2O2.ClH/c1-13(2,3)15-14-9-10-6-7-11(16-4)8-12(10)17-5;/h6-9,15H,1-5H3;1H.